The molecule has 5 nitrogen and oxygen atoms in total. The predicted octanol–water partition coefficient (Wildman–Crippen LogP) is 1.82. The second-order valence-corrected chi connectivity index (χ2v) is 7.89. The number of rotatable bonds is 4. The Morgan fingerprint density at radius 2 is 2.08 bits per heavy atom. The number of hydrogen-bond acceptors (Lipinski definition) is 4. The Labute approximate surface area is 154 Å². The summed E-state index contributed by atoms with van der Waals surface area (Å²) >= 11 is 3.39. The second-order valence-electron chi connectivity index (χ2n) is 6.98. The second kappa shape index (κ2) is 5.54. The summed E-state index contributed by atoms with van der Waals surface area (Å²) in [4.78, 5) is 26.6. The number of carbonyl (C=O) groups excluding carboxylic acids is 2. The molecule has 25 heavy (non-hydrogen) atoms. The van der Waals surface area contributed by atoms with Gasteiger partial charge in [-0.25, -0.2) is 0 Å². The molecular formula is C19H17BrNO4-. The molecule has 130 valence electrons. The number of anilines is 1. The van der Waals surface area contributed by atoms with Crippen LogP contribution in [0.1, 0.15) is 13.3 Å². The lowest BCUT2D eigenvalue weighted by molar-refractivity contribution is -0.313. The van der Waals surface area contributed by atoms with Crippen LogP contribution in [0.15, 0.2) is 53.0 Å². The van der Waals surface area contributed by atoms with Crippen LogP contribution in [0.3, 0.4) is 0 Å². The molecule has 3 aliphatic rings. The Morgan fingerprint density at radius 1 is 1.40 bits per heavy atom. The van der Waals surface area contributed by atoms with Gasteiger partial charge >= 0.3 is 0 Å². The number of carboxylic acids is 1. The average Bonchev–Trinajstić information content (AvgIpc) is 3.18. The molecule has 0 unspecified atom stereocenters. The van der Waals surface area contributed by atoms with Crippen LogP contribution in [0.5, 0.6) is 0 Å². The van der Waals surface area contributed by atoms with Gasteiger partial charge in [0.1, 0.15) is 5.60 Å². The number of benzene rings is 1. The number of halogens is 1. The van der Waals surface area contributed by atoms with Crippen LogP contribution in [0.25, 0.3) is 0 Å². The topological polar surface area (TPSA) is 69.7 Å². The molecule has 0 saturated carbocycles. The summed E-state index contributed by atoms with van der Waals surface area (Å²) in [5.74, 6) is -3.18. The van der Waals surface area contributed by atoms with Gasteiger partial charge in [0, 0.05) is 22.0 Å². The van der Waals surface area contributed by atoms with Crippen LogP contribution in [-0.2, 0) is 14.3 Å². The standard InChI is InChI=1S/C19H18BrNO4/c1-10(2)9-14-19-8-7-13(25-19)15(18(23)24)16(19)17(22)21(14)12-5-3-11(20)4-6-12/h3-8,13-16H,1,9H2,2H3,(H,23,24)/p-1/t13-,14-,15+,16-,19-/m1/s1. The fourth-order valence-electron chi connectivity index (χ4n) is 4.41. The van der Waals surface area contributed by atoms with Crippen molar-refractivity contribution < 1.29 is 19.4 Å². The first-order chi connectivity index (χ1) is 11.8. The van der Waals surface area contributed by atoms with E-state index < -0.39 is 29.5 Å². The fraction of sp³-hybridized carbons (Fsp3) is 0.368. The van der Waals surface area contributed by atoms with Gasteiger partial charge in [-0.05, 0) is 37.6 Å². The summed E-state index contributed by atoms with van der Waals surface area (Å²) in [7, 11) is 0. The van der Waals surface area contributed by atoms with Crippen molar-refractivity contribution in [1.29, 1.82) is 0 Å². The largest absolute Gasteiger partial charge is 0.550 e. The van der Waals surface area contributed by atoms with Crippen molar-refractivity contribution in [3.05, 3.63) is 53.0 Å². The van der Waals surface area contributed by atoms with E-state index in [1.807, 2.05) is 37.3 Å². The third-order valence-corrected chi connectivity index (χ3v) is 5.87. The van der Waals surface area contributed by atoms with E-state index >= 15 is 0 Å². The monoisotopic (exact) mass is 402 g/mol. The van der Waals surface area contributed by atoms with Crippen molar-refractivity contribution in [3.8, 4) is 0 Å². The van der Waals surface area contributed by atoms with Crippen LogP contribution >= 0.6 is 15.9 Å². The number of hydrogen-bond donors (Lipinski definition) is 0. The molecule has 5 atom stereocenters. The van der Waals surface area contributed by atoms with E-state index in [2.05, 4.69) is 22.5 Å². The number of carboxylic acid groups (broad SMARTS) is 1. The quantitative estimate of drug-likeness (QED) is 0.720. The zero-order valence-electron chi connectivity index (χ0n) is 13.6. The maximum Gasteiger partial charge on any atom is 0.234 e. The average molecular weight is 403 g/mol. The molecule has 0 radical (unpaired) electrons. The molecule has 6 heteroatoms. The van der Waals surface area contributed by atoms with Gasteiger partial charge in [0.2, 0.25) is 5.91 Å². The zero-order valence-corrected chi connectivity index (χ0v) is 15.2. The van der Waals surface area contributed by atoms with Crippen molar-refractivity contribution in [2.75, 3.05) is 4.90 Å². The number of amides is 1. The summed E-state index contributed by atoms with van der Waals surface area (Å²) in [6.07, 6.45) is 3.56. The minimum atomic E-state index is -1.23. The van der Waals surface area contributed by atoms with Gasteiger partial charge in [0.25, 0.3) is 0 Å². The van der Waals surface area contributed by atoms with Crippen molar-refractivity contribution >= 4 is 33.5 Å². The lowest BCUT2D eigenvalue weighted by Crippen LogP contribution is -2.46. The van der Waals surface area contributed by atoms with Gasteiger partial charge in [0.05, 0.1) is 18.1 Å². The van der Waals surface area contributed by atoms with Crippen LogP contribution in [-0.4, -0.2) is 29.6 Å². The van der Waals surface area contributed by atoms with Crippen LogP contribution in [0.2, 0.25) is 0 Å². The third-order valence-electron chi connectivity index (χ3n) is 5.34. The summed E-state index contributed by atoms with van der Waals surface area (Å²) in [5.41, 5.74) is 0.700. The van der Waals surface area contributed by atoms with Gasteiger partial charge in [-0.1, -0.05) is 33.7 Å². The van der Waals surface area contributed by atoms with Crippen molar-refractivity contribution in [1.82, 2.24) is 0 Å². The Bertz CT molecular complexity index is 802. The number of aliphatic carboxylic acids is 1. The fourth-order valence-corrected chi connectivity index (χ4v) is 4.67. The molecule has 0 aromatic heterocycles. The van der Waals surface area contributed by atoms with Crippen LogP contribution in [0.4, 0.5) is 5.69 Å². The van der Waals surface area contributed by atoms with E-state index in [0.29, 0.717) is 6.42 Å². The summed E-state index contributed by atoms with van der Waals surface area (Å²) in [6, 6.07) is 7.08. The summed E-state index contributed by atoms with van der Waals surface area (Å²) < 4.78 is 6.98. The molecule has 3 aliphatic heterocycles. The highest BCUT2D eigenvalue weighted by atomic mass is 79.9. The first-order valence-electron chi connectivity index (χ1n) is 8.16. The molecular weight excluding hydrogens is 386 g/mol. The lowest BCUT2D eigenvalue weighted by atomic mass is 9.74. The first kappa shape index (κ1) is 16.5. The number of nitrogens with zero attached hydrogens (tertiary/aromatic N) is 1. The van der Waals surface area contributed by atoms with Crippen molar-refractivity contribution in [3.63, 3.8) is 0 Å². The molecule has 2 saturated heterocycles. The molecule has 1 amide bonds. The molecule has 1 aromatic carbocycles. The first-order valence-corrected chi connectivity index (χ1v) is 8.95. The normalized spacial score (nSPS) is 35.3. The third kappa shape index (κ3) is 2.24. The highest BCUT2D eigenvalue weighted by Gasteiger charge is 2.69. The van der Waals surface area contributed by atoms with Crippen molar-refractivity contribution in [2.24, 2.45) is 11.8 Å². The van der Waals surface area contributed by atoms with E-state index in [1.54, 1.807) is 11.0 Å². The van der Waals surface area contributed by atoms with Crippen LogP contribution < -0.4 is 10.0 Å². The molecule has 2 bridgehead atoms. The molecule has 4 rings (SSSR count). The molecule has 2 fully saturated rings. The Hall–Kier alpha value is -1.92. The Kier molecular flexibility index (Phi) is 3.67. The van der Waals surface area contributed by atoms with E-state index in [0.717, 1.165) is 15.7 Å². The highest BCUT2D eigenvalue weighted by Crippen LogP contribution is 2.56. The lowest BCUT2D eigenvalue weighted by Gasteiger charge is -2.33. The molecule has 1 spiro atoms. The van der Waals surface area contributed by atoms with E-state index in [1.165, 1.54) is 0 Å². The molecule has 3 heterocycles. The van der Waals surface area contributed by atoms with Crippen LogP contribution in [0, 0.1) is 11.8 Å². The number of fused-ring (bicyclic) bond motifs is 1. The van der Waals surface area contributed by atoms with Gasteiger partial charge < -0.3 is 19.5 Å². The zero-order chi connectivity index (χ0) is 17.9. The minimum Gasteiger partial charge on any atom is -0.550 e. The van der Waals surface area contributed by atoms with Gasteiger partial charge in [-0.3, -0.25) is 4.79 Å². The Balaban J connectivity index is 1.84. The number of ether oxygens (including phenoxy) is 1. The highest BCUT2D eigenvalue weighted by molar-refractivity contribution is 9.10. The van der Waals surface area contributed by atoms with E-state index in [-0.39, 0.29) is 11.9 Å². The summed E-state index contributed by atoms with van der Waals surface area (Å²) in [6.45, 7) is 5.88. The molecule has 1 aromatic rings. The summed E-state index contributed by atoms with van der Waals surface area (Å²) in [5, 5.41) is 11.7. The maximum absolute atomic E-state index is 13.2. The van der Waals surface area contributed by atoms with E-state index in [4.69, 9.17) is 4.74 Å². The smallest absolute Gasteiger partial charge is 0.234 e. The SMILES string of the molecule is C=C(C)C[C@H]1N(c2ccc(Br)cc2)C(=O)[C@H]2[C@@H](C(=O)[O-])[C@H]3C=C[C@]21O3. The Morgan fingerprint density at radius 3 is 2.68 bits per heavy atom. The minimum absolute atomic E-state index is 0.227. The molecule has 0 aliphatic carbocycles. The predicted molar refractivity (Wildman–Crippen MR) is 93.6 cm³/mol. The van der Waals surface area contributed by atoms with Gasteiger partial charge in [-0.2, -0.15) is 0 Å². The number of carbonyl (C=O) groups is 2. The van der Waals surface area contributed by atoms with Gasteiger partial charge in [-0.15, -0.1) is 6.58 Å². The van der Waals surface area contributed by atoms with Gasteiger partial charge in [0.15, 0.2) is 0 Å². The maximum atomic E-state index is 13.2. The molecule has 0 N–H and O–H groups in total. The van der Waals surface area contributed by atoms with Crippen molar-refractivity contribution in [2.45, 2.75) is 31.1 Å². The van der Waals surface area contributed by atoms with E-state index in [9.17, 15) is 14.7 Å².